The van der Waals surface area contributed by atoms with Gasteiger partial charge < -0.3 is 10.1 Å². The Morgan fingerprint density at radius 3 is 2.56 bits per heavy atom. The molecule has 2 heterocycles. The third kappa shape index (κ3) is 4.40. The highest BCUT2D eigenvalue weighted by molar-refractivity contribution is 6.12. The van der Waals surface area contributed by atoms with Gasteiger partial charge in [-0.25, -0.2) is 4.79 Å². The zero-order valence-corrected chi connectivity index (χ0v) is 19.7. The predicted molar refractivity (Wildman–Crippen MR) is 122 cm³/mol. The number of benzene rings is 1. The van der Waals surface area contributed by atoms with Crippen LogP contribution >= 0.6 is 0 Å². The van der Waals surface area contributed by atoms with Crippen molar-refractivity contribution in [3.05, 3.63) is 46.8 Å². The molecule has 3 rings (SSSR count). The maximum Gasteiger partial charge on any atom is 0.358 e. The van der Waals surface area contributed by atoms with Gasteiger partial charge in [-0.1, -0.05) is 19.9 Å². The smallest absolute Gasteiger partial charge is 0.358 e. The van der Waals surface area contributed by atoms with Crippen molar-refractivity contribution in [1.29, 1.82) is 0 Å². The van der Waals surface area contributed by atoms with Crippen molar-refractivity contribution in [2.75, 3.05) is 18.1 Å². The molecule has 1 aromatic heterocycles. The molecule has 1 N–H and O–H groups in total. The van der Waals surface area contributed by atoms with Crippen LogP contribution in [0.15, 0.2) is 24.3 Å². The molecule has 0 unspecified atom stereocenters. The highest BCUT2D eigenvalue weighted by Gasteiger charge is 2.49. The molecule has 0 saturated carbocycles. The van der Waals surface area contributed by atoms with Crippen molar-refractivity contribution in [3.8, 4) is 0 Å². The lowest BCUT2D eigenvalue weighted by atomic mass is 9.93. The molecule has 2 amide bonds. The Hall–Kier alpha value is -3.16. The highest BCUT2D eigenvalue weighted by atomic mass is 16.5. The minimum atomic E-state index is -1.22. The zero-order chi connectivity index (χ0) is 23.6. The normalized spacial score (nSPS) is 18.0. The van der Waals surface area contributed by atoms with Gasteiger partial charge in [-0.05, 0) is 63.3 Å². The summed E-state index contributed by atoms with van der Waals surface area (Å²) in [5.74, 6) is -0.799. The Bertz CT molecular complexity index is 1040. The first-order valence-electron chi connectivity index (χ1n) is 11.0. The molecule has 1 aliphatic rings. The molecular formula is C24H32N4O4. The van der Waals surface area contributed by atoms with E-state index in [9.17, 15) is 14.4 Å². The van der Waals surface area contributed by atoms with Gasteiger partial charge in [-0.2, -0.15) is 5.10 Å². The molecule has 1 aromatic carbocycles. The molecule has 0 aliphatic carbocycles. The number of hydrogen-bond acceptors (Lipinski definition) is 5. The number of aryl methyl sites for hydroxylation is 2. The first-order chi connectivity index (χ1) is 15.1. The predicted octanol–water partition coefficient (Wildman–Crippen LogP) is 3.26. The lowest BCUT2D eigenvalue weighted by Crippen LogP contribution is -2.64. The summed E-state index contributed by atoms with van der Waals surface area (Å²) in [5.41, 5.74) is 1.82. The van der Waals surface area contributed by atoms with Crippen LogP contribution in [-0.2, 0) is 16.1 Å². The molecular weight excluding hydrogens is 408 g/mol. The fourth-order valence-corrected chi connectivity index (χ4v) is 3.82. The molecule has 1 aliphatic heterocycles. The number of amides is 2. The maximum atomic E-state index is 13.6. The molecule has 0 fully saturated rings. The summed E-state index contributed by atoms with van der Waals surface area (Å²) in [5, 5.41) is 7.27. The highest BCUT2D eigenvalue weighted by Crippen LogP contribution is 2.34. The molecule has 0 spiro atoms. The third-order valence-electron chi connectivity index (χ3n) is 5.88. The van der Waals surface area contributed by atoms with Crippen LogP contribution in [0.3, 0.4) is 0 Å². The van der Waals surface area contributed by atoms with Gasteiger partial charge in [-0.15, -0.1) is 0 Å². The Morgan fingerprint density at radius 2 is 1.94 bits per heavy atom. The van der Waals surface area contributed by atoms with Crippen LogP contribution in [0.4, 0.5) is 5.69 Å². The van der Waals surface area contributed by atoms with E-state index in [1.807, 2.05) is 32.0 Å². The average Bonchev–Trinajstić information content (AvgIpc) is 3.14. The molecule has 1 atom stereocenters. The van der Waals surface area contributed by atoms with E-state index in [4.69, 9.17) is 4.74 Å². The largest absolute Gasteiger partial charge is 0.461 e. The average molecular weight is 441 g/mol. The van der Waals surface area contributed by atoms with E-state index in [0.29, 0.717) is 18.2 Å². The minimum Gasteiger partial charge on any atom is -0.461 e. The number of ether oxygens (including phenoxy) is 1. The van der Waals surface area contributed by atoms with Crippen molar-refractivity contribution in [1.82, 2.24) is 15.1 Å². The number of carbonyl (C=O) groups excluding carboxylic acids is 3. The van der Waals surface area contributed by atoms with Gasteiger partial charge in [0.15, 0.2) is 5.69 Å². The standard InChI is InChI=1S/C24H32N4O4/c1-7-32-22(30)19-13-20-21(29)28(18-9-8-16(4)17(5)12-18)24(6,14-27(20)26-19)23(31)25-11-10-15(2)3/h8-9,12-13,15H,7,10-11,14H2,1-6H3,(H,25,31)/t24-/m1/s1. The number of anilines is 1. The van der Waals surface area contributed by atoms with Crippen molar-refractivity contribution < 1.29 is 19.1 Å². The van der Waals surface area contributed by atoms with Crippen LogP contribution < -0.4 is 10.2 Å². The van der Waals surface area contributed by atoms with Crippen LogP contribution in [0.25, 0.3) is 0 Å². The van der Waals surface area contributed by atoms with Gasteiger partial charge in [0.05, 0.1) is 13.2 Å². The maximum absolute atomic E-state index is 13.6. The number of rotatable bonds is 7. The van der Waals surface area contributed by atoms with Crippen molar-refractivity contribution in [2.24, 2.45) is 5.92 Å². The van der Waals surface area contributed by atoms with Gasteiger partial charge >= 0.3 is 5.97 Å². The zero-order valence-electron chi connectivity index (χ0n) is 19.7. The number of fused-ring (bicyclic) bond motifs is 1. The second kappa shape index (κ2) is 9.14. The summed E-state index contributed by atoms with van der Waals surface area (Å²) < 4.78 is 6.48. The Morgan fingerprint density at radius 1 is 1.22 bits per heavy atom. The topological polar surface area (TPSA) is 93.5 Å². The minimum absolute atomic E-state index is 0.0553. The van der Waals surface area contributed by atoms with Crippen LogP contribution in [0.5, 0.6) is 0 Å². The monoisotopic (exact) mass is 440 g/mol. The molecule has 8 heteroatoms. The number of esters is 1. The van der Waals surface area contributed by atoms with Crippen LogP contribution in [-0.4, -0.2) is 46.3 Å². The number of hydrogen-bond donors (Lipinski definition) is 1. The van der Waals surface area contributed by atoms with E-state index in [0.717, 1.165) is 17.5 Å². The molecule has 2 aromatic rings. The van der Waals surface area contributed by atoms with Crippen molar-refractivity contribution in [2.45, 2.75) is 60.0 Å². The number of nitrogens with zero attached hydrogens (tertiary/aromatic N) is 3. The molecule has 8 nitrogen and oxygen atoms in total. The molecule has 0 saturated heterocycles. The van der Waals surface area contributed by atoms with Gasteiger partial charge in [0.25, 0.3) is 5.91 Å². The van der Waals surface area contributed by atoms with E-state index >= 15 is 0 Å². The summed E-state index contributed by atoms with van der Waals surface area (Å²) in [7, 11) is 0. The molecule has 172 valence electrons. The van der Waals surface area contributed by atoms with Crippen molar-refractivity contribution >= 4 is 23.5 Å². The fraction of sp³-hybridized carbons (Fsp3) is 0.500. The Balaban J connectivity index is 2.06. The summed E-state index contributed by atoms with van der Waals surface area (Å²) in [6.07, 6.45) is 0.833. The number of carbonyl (C=O) groups is 3. The summed E-state index contributed by atoms with van der Waals surface area (Å²) in [6, 6.07) is 7.12. The number of aromatic nitrogens is 2. The molecule has 0 radical (unpaired) electrons. The van der Waals surface area contributed by atoms with Gasteiger partial charge in [0, 0.05) is 18.3 Å². The van der Waals surface area contributed by atoms with Crippen LogP contribution in [0, 0.1) is 19.8 Å². The summed E-state index contributed by atoms with van der Waals surface area (Å²) in [4.78, 5) is 40.8. The lowest BCUT2D eigenvalue weighted by molar-refractivity contribution is -0.126. The van der Waals surface area contributed by atoms with E-state index in [-0.39, 0.29) is 36.4 Å². The fourth-order valence-electron chi connectivity index (χ4n) is 3.82. The van der Waals surface area contributed by atoms with Gasteiger partial charge in [0.2, 0.25) is 5.91 Å². The van der Waals surface area contributed by atoms with E-state index in [1.54, 1.807) is 13.8 Å². The summed E-state index contributed by atoms with van der Waals surface area (Å²) >= 11 is 0. The lowest BCUT2D eigenvalue weighted by Gasteiger charge is -2.43. The first-order valence-corrected chi connectivity index (χ1v) is 11.0. The first kappa shape index (κ1) is 23.5. The SMILES string of the molecule is CCOC(=O)c1cc2n(n1)C[C@](C)(C(=O)NCCC(C)C)N(c1ccc(C)c(C)c1)C2=O. The Kier molecular flexibility index (Phi) is 6.71. The molecule has 0 bridgehead atoms. The third-order valence-corrected chi connectivity index (χ3v) is 5.88. The van der Waals surface area contributed by atoms with Crippen LogP contribution in [0.1, 0.15) is 66.2 Å². The van der Waals surface area contributed by atoms with Gasteiger partial charge in [0.1, 0.15) is 11.2 Å². The second-order valence-electron chi connectivity index (χ2n) is 8.91. The Labute approximate surface area is 188 Å². The second-order valence-corrected chi connectivity index (χ2v) is 8.91. The van der Waals surface area contributed by atoms with Crippen LogP contribution in [0.2, 0.25) is 0 Å². The quantitative estimate of drug-likeness (QED) is 0.667. The summed E-state index contributed by atoms with van der Waals surface area (Å²) in [6.45, 7) is 12.4. The van der Waals surface area contributed by atoms with E-state index in [1.165, 1.54) is 15.6 Å². The van der Waals surface area contributed by atoms with E-state index in [2.05, 4.69) is 24.3 Å². The van der Waals surface area contributed by atoms with Gasteiger partial charge in [-0.3, -0.25) is 19.2 Å². The van der Waals surface area contributed by atoms with Crippen molar-refractivity contribution in [3.63, 3.8) is 0 Å². The van der Waals surface area contributed by atoms with E-state index < -0.39 is 11.5 Å². The number of nitrogens with one attached hydrogen (secondary N) is 1. The molecule has 32 heavy (non-hydrogen) atoms.